The van der Waals surface area contributed by atoms with Gasteiger partial charge >= 0.3 is 0 Å². The fraction of sp³-hybridized carbons (Fsp3) is 0. The maximum Gasteiger partial charge on any atom is 0.238 e. The topological polar surface area (TPSA) is 237 Å². The van der Waals surface area contributed by atoms with Crippen LogP contribution in [0.25, 0.3) is 277 Å². The zero-order valence-electron chi connectivity index (χ0n) is 77.4. The number of hydrogen-bond donors (Lipinski definition) is 0. The molecule has 0 saturated heterocycles. The van der Waals surface area contributed by atoms with Gasteiger partial charge in [-0.3, -0.25) is 44.4 Å². The molecule has 0 bridgehead atoms. The van der Waals surface area contributed by atoms with Crippen LogP contribution in [-0.2, 0) is 0 Å². The second kappa shape index (κ2) is 33.7. The molecule has 22 heteroatoms. The lowest BCUT2D eigenvalue weighted by molar-refractivity contribution is 0.664. The molecule has 0 unspecified atom stereocenters. The Kier molecular flexibility index (Phi) is 19.0. The summed E-state index contributed by atoms with van der Waals surface area (Å²) in [4.78, 5) is 55.8. The van der Waals surface area contributed by atoms with Gasteiger partial charge < -0.3 is 40.5 Å². The predicted octanol–water partition coefficient (Wildman–Crippen LogP) is 30.0. The van der Waals surface area contributed by atoms with Crippen LogP contribution in [0.5, 0.6) is 0 Å². The van der Waals surface area contributed by atoms with E-state index in [-0.39, 0.29) is 0 Å². The normalized spacial score (nSPS) is 11.8. The van der Waals surface area contributed by atoms with E-state index in [2.05, 4.69) is 269 Å². The van der Waals surface area contributed by atoms with Gasteiger partial charge in [0.1, 0.15) is 44.4 Å². The van der Waals surface area contributed by atoms with Crippen molar-refractivity contribution in [1.29, 1.82) is 0 Å². The van der Waals surface area contributed by atoms with Crippen molar-refractivity contribution in [3.05, 3.63) is 451 Å². The molecule has 0 spiro atoms. The molecule has 13 aromatic carbocycles. The summed E-state index contributed by atoms with van der Waals surface area (Å²) in [6.45, 7) is 0. The van der Waals surface area contributed by atoms with Crippen molar-refractivity contribution in [1.82, 2.24) is 87.2 Å². The summed E-state index contributed by atoms with van der Waals surface area (Å²) in [7, 11) is 0. The highest BCUT2D eigenvalue weighted by Crippen LogP contribution is 2.47. The van der Waals surface area contributed by atoms with Crippen LogP contribution in [0.4, 0.5) is 0 Å². The molecule has 19 heterocycles. The van der Waals surface area contributed by atoms with Crippen molar-refractivity contribution in [2.24, 2.45) is 0 Å². The van der Waals surface area contributed by atoms with E-state index in [9.17, 15) is 0 Å². The summed E-state index contributed by atoms with van der Waals surface area (Å²) < 4.78 is 38.5. The second-order valence-electron chi connectivity index (χ2n) is 35.9. The average molecular weight is 1880 g/mol. The third kappa shape index (κ3) is 13.3. The molecule has 684 valence electrons. The summed E-state index contributed by atoms with van der Waals surface area (Å²) in [6.07, 6.45) is 23.8. The molecule has 22 nitrogen and oxygen atoms in total. The fourth-order valence-electron chi connectivity index (χ4n) is 21.4. The number of hydrogen-bond acceptors (Lipinski definition) is 16. The van der Waals surface area contributed by atoms with E-state index in [0.717, 1.165) is 210 Å². The Morgan fingerprint density at radius 1 is 0.212 bits per heavy atom. The van der Waals surface area contributed by atoms with Gasteiger partial charge in [0.2, 0.25) is 5.95 Å². The third-order valence-corrected chi connectivity index (χ3v) is 27.8. The van der Waals surface area contributed by atoms with Crippen molar-refractivity contribution in [3.8, 4) is 79.5 Å². The number of imidazole rings is 1. The third-order valence-electron chi connectivity index (χ3n) is 27.8. The van der Waals surface area contributed by atoms with Crippen LogP contribution < -0.4 is 0 Å². The summed E-state index contributed by atoms with van der Waals surface area (Å²) in [5, 5.41) is 14.4. The Morgan fingerprint density at radius 3 is 1.15 bits per heavy atom. The minimum atomic E-state index is 0.586. The predicted molar refractivity (Wildman–Crippen MR) is 581 cm³/mol. The van der Waals surface area contributed by atoms with Crippen molar-refractivity contribution in [2.45, 2.75) is 0 Å². The molecule has 0 amide bonds. The first-order valence-corrected chi connectivity index (χ1v) is 48.0. The molecular weight excluding hydrogens is 1810 g/mol. The Hall–Kier alpha value is -20.5. The number of benzene rings is 13. The van der Waals surface area contributed by atoms with E-state index in [4.69, 9.17) is 37.6 Å². The van der Waals surface area contributed by atoms with Crippen LogP contribution in [0, 0.1) is 0 Å². The number of furan rings is 4. The highest BCUT2D eigenvalue weighted by atomic mass is 16.3. The molecular formula is C124H74N18O4. The standard InChI is InChI=1S/C39H25N5.C32H17N5O2.C27H16N4O.C26H16N4O/c1-3-14-26(15-4-1)37-40-38(27-16-5-2-6-17-27)42-39(41-37)44-33-23-12-9-20-30(33)36-34(24-13-25-35(36)44)43-31-21-10-7-18-28(31)29-19-8-11-22-32(29)43;1-2-4-27-21(3-1)29-31(38-27)19(7-13-35-29)20-8-14-36-30-22-15-18(5-6-28(22)39-32(20)30)37-25-9-11-33-16-23(25)24-17-34-12-10-26(24)37;1-2-8-22-19(6-1)25-23(9-5-14-29-25)31(22)17-10-11-24-20(16-17)26-27(32-24)18(12-15-30-26)21-7-3-4-13-28-21;1-3-7-21-18(5-1)19-6-2-4-8-22(19)30(21)17-9-10-24-20(15-17)25-26(31-24)23(11-12-28-25)29-14-13-27-16-29/h1-25H;1-17H;1-16H;1-16H. The van der Waals surface area contributed by atoms with Crippen molar-refractivity contribution in [3.63, 3.8) is 0 Å². The smallest absolute Gasteiger partial charge is 0.238 e. The Bertz CT molecular complexity index is 10600. The molecule has 146 heavy (non-hydrogen) atoms. The second-order valence-corrected chi connectivity index (χ2v) is 35.9. The van der Waals surface area contributed by atoms with Crippen LogP contribution in [0.3, 0.4) is 0 Å². The molecule has 0 aliphatic carbocycles. The van der Waals surface area contributed by atoms with Gasteiger partial charge in [0.05, 0.1) is 84.1 Å². The molecule has 0 aliphatic heterocycles. The monoisotopic (exact) mass is 1880 g/mol. The van der Waals surface area contributed by atoms with Crippen LogP contribution in [-0.4, -0.2) is 87.2 Å². The summed E-state index contributed by atoms with van der Waals surface area (Å²) in [5.74, 6) is 1.86. The number of nitrogens with zero attached hydrogens (tertiary/aromatic N) is 18. The van der Waals surface area contributed by atoms with E-state index < -0.39 is 0 Å². The van der Waals surface area contributed by atoms with Crippen LogP contribution in [0.1, 0.15) is 0 Å². The zero-order valence-corrected chi connectivity index (χ0v) is 77.4. The summed E-state index contributed by atoms with van der Waals surface area (Å²) in [5.41, 5.74) is 32.3. The van der Waals surface area contributed by atoms with Crippen molar-refractivity contribution < 1.29 is 17.7 Å². The molecule has 32 aromatic rings. The molecule has 0 radical (unpaired) electrons. The van der Waals surface area contributed by atoms with Crippen LogP contribution >= 0.6 is 0 Å². The quantitative estimate of drug-likeness (QED) is 0.124. The Balaban J connectivity index is 0.0000000930. The Labute approximate surface area is 827 Å². The molecule has 0 saturated carbocycles. The van der Waals surface area contributed by atoms with E-state index in [1.807, 2.05) is 230 Å². The lowest BCUT2D eigenvalue weighted by atomic mass is 10.0. The number of aromatic nitrogens is 18. The van der Waals surface area contributed by atoms with E-state index in [1.54, 1.807) is 18.7 Å². The minimum absolute atomic E-state index is 0.586. The first kappa shape index (κ1) is 82.5. The lowest BCUT2D eigenvalue weighted by Gasteiger charge is -2.12. The molecule has 32 rings (SSSR count). The van der Waals surface area contributed by atoms with E-state index >= 15 is 0 Å². The first-order chi connectivity index (χ1) is 72.5. The maximum atomic E-state index is 6.45. The molecule has 0 fully saturated rings. The van der Waals surface area contributed by atoms with Crippen LogP contribution in [0.15, 0.2) is 468 Å². The van der Waals surface area contributed by atoms with Gasteiger partial charge in [-0.25, -0.2) is 9.97 Å². The molecule has 0 aliphatic rings. The summed E-state index contributed by atoms with van der Waals surface area (Å²) >= 11 is 0. The number of rotatable bonds is 10. The van der Waals surface area contributed by atoms with Gasteiger partial charge in [-0.1, -0.05) is 194 Å². The minimum Gasteiger partial charge on any atom is -0.454 e. The molecule has 0 atom stereocenters. The summed E-state index contributed by atoms with van der Waals surface area (Å²) in [6, 6.07) is 127. The van der Waals surface area contributed by atoms with Gasteiger partial charge in [-0.2, -0.15) is 9.97 Å². The van der Waals surface area contributed by atoms with Crippen molar-refractivity contribution in [2.75, 3.05) is 0 Å². The Morgan fingerprint density at radius 2 is 0.616 bits per heavy atom. The fourth-order valence-corrected chi connectivity index (χ4v) is 21.4. The first-order valence-electron chi connectivity index (χ1n) is 48.0. The number of para-hydroxylation sites is 7. The average Bonchev–Trinajstić information content (AvgIpc) is 1.56. The largest absolute Gasteiger partial charge is 0.454 e. The maximum absolute atomic E-state index is 6.45. The van der Waals surface area contributed by atoms with Gasteiger partial charge in [-0.15, -0.1) is 0 Å². The molecule has 0 N–H and O–H groups in total. The van der Waals surface area contributed by atoms with E-state index in [0.29, 0.717) is 23.2 Å². The SMILES string of the molecule is c1ccc(-c2ccnc3c2oc2ccc(-n4c5ccccc5c5ncccc54)cc23)nc1.c1ccc(-c2nc(-c3ccccc3)nc(-n3c4ccccc4c4c(-n5c6ccccc6c6ccccc65)cccc43)n2)cc1.c1ccc2c(c1)c1ccccc1n2-c1ccc2oc3c(-n4ccnc4)ccnc3c2c1.c1ccc2c(c1)oc1c(-c3ccnc4c3oc3ccc(-n5c6ccncc6c6cnccc65)cc34)ccnc12. The van der Waals surface area contributed by atoms with Crippen molar-refractivity contribution >= 4 is 197 Å². The van der Waals surface area contributed by atoms with Gasteiger partial charge in [0.15, 0.2) is 34.0 Å². The van der Waals surface area contributed by atoms with Gasteiger partial charge in [0.25, 0.3) is 0 Å². The van der Waals surface area contributed by atoms with Gasteiger partial charge in [-0.05, 0) is 176 Å². The number of pyridine rings is 8. The van der Waals surface area contributed by atoms with E-state index in [1.165, 1.54) is 43.6 Å². The highest BCUT2D eigenvalue weighted by Gasteiger charge is 2.28. The number of fused-ring (bicyclic) bond motifs is 27. The van der Waals surface area contributed by atoms with Crippen LogP contribution in [0.2, 0.25) is 0 Å². The van der Waals surface area contributed by atoms with Gasteiger partial charge in [0, 0.05) is 189 Å². The lowest BCUT2D eigenvalue weighted by Crippen LogP contribution is -2.06. The zero-order chi connectivity index (χ0) is 96.0. The molecule has 19 aromatic heterocycles. The highest BCUT2D eigenvalue weighted by molar-refractivity contribution is 6.19.